The molecule has 1 aliphatic heterocycles. The van der Waals surface area contributed by atoms with Crippen LogP contribution in [0.2, 0.25) is 0 Å². The van der Waals surface area contributed by atoms with Crippen molar-refractivity contribution in [1.29, 1.82) is 0 Å². The zero-order valence-electron chi connectivity index (χ0n) is 11.3. The second kappa shape index (κ2) is 6.93. The molecule has 104 valence electrons. The lowest BCUT2D eigenvalue weighted by molar-refractivity contribution is 0.0953. The first-order valence-electron chi connectivity index (χ1n) is 6.66. The molecule has 1 saturated heterocycles. The van der Waals surface area contributed by atoms with E-state index in [-0.39, 0.29) is 5.91 Å². The standard InChI is InChI=1S/C14H21N3OS/c1-2-13-10-17(6-7-19-13)9-11-4-3-5-12(8-11)14(18)16-15/h3-5,8,13H,2,6-7,9-10,15H2,1H3,(H,16,18). The number of amides is 1. The Labute approximate surface area is 118 Å². The first-order valence-corrected chi connectivity index (χ1v) is 7.71. The van der Waals surface area contributed by atoms with Gasteiger partial charge in [0.1, 0.15) is 0 Å². The van der Waals surface area contributed by atoms with E-state index in [0.717, 1.165) is 24.9 Å². The molecule has 1 atom stereocenters. The molecule has 1 aromatic rings. The van der Waals surface area contributed by atoms with Crippen molar-refractivity contribution in [3.05, 3.63) is 35.4 Å². The number of nitrogens with zero attached hydrogens (tertiary/aromatic N) is 1. The van der Waals surface area contributed by atoms with Crippen LogP contribution in [-0.2, 0) is 6.54 Å². The van der Waals surface area contributed by atoms with Crippen LogP contribution in [0.15, 0.2) is 24.3 Å². The number of rotatable bonds is 4. The zero-order chi connectivity index (χ0) is 13.7. The molecule has 0 aromatic heterocycles. The highest BCUT2D eigenvalue weighted by Gasteiger charge is 2.19. The Balaban J connectivity index is 2.00. The minimum absolute atomic E-state index is 0.234. The smallest absolute Gasteiger partial charge is 0.265 e. The van der Waals surface area contributed by atoms with Gasteiger partial charge < -0.3 is 0 Å². The van der Waals surface area contributed by atoms with E-state index in [1.165, 1.54) is 17.7 Å². The van der Waals surface area contributed by atoms with E-state index in [1.54, 1.807) is 6.07 Å². The van der Waals surface area contributed by atoms with Crippen LogP contribution in [0, 0.1) is 0 Å². The summed E-state index contributed by atoms with van der Waals surface area (Å²) in [5.41, 5.74) is 3.97. The Bertz CT molecular complexity index is 438. The normalized spacial score (nSPS) is 20.2. The van der Waals surface area contributed by atoms with Crippen LogP contribution >= 0.6 is 11.8 Å². The minimum atomic E-state index is -0.234. The van der Waals surface area contributed by atoms with Gasteiger partial charge >= 0.3 is 0 Å². The molecule has 1 heterocycles. The second-order valence-electron chi connectivity index (χ2n) is 4.81. The summed E-state index contributed by atoms with van der Waals surface area (Å²) in [5.74, 6) is 6.12. The molecule has 1 unspecified atom stereocenters. The lowest BCUT2D eigenvalue weighted by Crippen LogP contribution is -2.37. The quantitative estimate of drug-likeness (QED) is 0.499. The summed E-state index contributed by atoms with van der Waals surface area (Å²) in [6.45, 7) is 5.40. The summed E-state index contributed by atoms with van der Waals surface area (Å²) in [7, 11) is 0. The van der Waals surface area contributed by atoms with Gasteiger partial charge in [-0.25, -0.2) is 5.84 Å². The van der Waals surface area contributed by atoms with Crippen LogP contribution in [0.25, 0.3) is 0 Å². The highest BCUT2D eigenvalue weighted by atomic mass is 32.2. The minimum Gasteiger partial charge on any atom is -0.297 e. The van der Waals surface area contributed by atoms with Gasteiger partial charge in [-0.15, -0.1) is 0 Å². The lowest BCUT2D eigenvalue weighted by Gasteiger charge is -2.31. The number of hydrogen-bond donors (Lipinski definition) is 2. The Morgan fingerprint density at radius 1 is 1.58 bits per heavy atom. The second-order valence-corrected chi connectivity index (χ2v) is 6.22. The number of nitrogen functional groups attached to an aromatic ring is 1. The molecule has 0 bridgehead atoms. The predicted molar refractivity (Wildman–Crippen MR) is 79.9 cm³/mol. The van der Waals surface area contributed by atoms with Gasteiger partial charge in [-0.2, -0.15) is 11.8 Å². The number of hydrazine groups is 1. The molecule has 1 fully saturated rings. The van der Waals surface area contributed by atoms with Crippen molar-refractivity contribution in [2.75, 3.05) is 18.8 Å². The highest BCUT2D eigenvalue weighted by Crippen LogP contribution is 2.22. The number of nitrogens with one attached hydrogen (secondary N) is 1. The molecule has 0 saturated carbocycles. The largest absolute Gasteiger partial charge is 0.297 e. The van der Waals surface area contributed by atoms with Crippen LogP contribution in [0.5, 0.6) is 0 Å². The van der Waals surface area contributed by atoms with Gasteiger partial charge in [0, 0.05) is 36.2 Å². The van der Waals surface area contributed by atoms with Crippen molar-refractivity contribution in [1.82, 2.24) is 10.3 Å². The Kier molecular flexibility index (Phi) is 5.24. The average Bonchev–Trinajstić information content (AvgIpc) is 2.47. The third-order valence-electron chi connectivity index (χ3n) is 3.40. The zero-order valence-corrected chi connectivity index (χ0v) is 12.1. The van der Waals surface area contributed by atoms with Crippen LogP contribution in [0.3, 0.4) is 0 Å². The van der Waals surface area contributed by atoms with E-state index < -0.39 is 0 Å². The van der Waals surface area contributed by atoms with Crippen molar-refractivity contribution >= 4 is 17.7 Å². The van der Waals surface area contributed by atoms with Gasteiger partial charge in [-0.1, -0.05) is 19.1 Å². The fraction of sp³-hybridized carbons (Fsp3) is 0.500. The van der Waals surface area contributed by atoms with E-state index in [9.17, 15) is 4.79 Å². The molecule has 3 N–H and O–H groups in total. The average molecular weight is 279 g/mol. The Morgan fingerprint density at radius 3 is 3.16 bits per heavy atom. The van der Waals surface area contributed by atoms with Crippen molar-refractivity contribution < 1.29 is 4.79 Å². The van der Waals surface area contributed by atoms with Gasteiger partial charge in [0.2, 0.25) is 0 Å². The number of thioether (sulfide) groups is 1. The summed E-state index contributed by atoms with van der Waals surface area (Å²) in [6, 6.07) is 7.68. The van der Waals surface area contributed by atoms with Gasteiger partial charge in [0.25, 0.3) is 5.91 Å². The number of carbonyl (C=O) groups is 1. The van der Waals surface area contributed by atoms with Crippen molar-refractivity contribution in [2.45, 2.75) is 25.1 Å². The van der Waals surface area contributed by atoms with Gasteiger partial charge in [0.15, 0.2) is 0 Å². The monoisotopic (exact) mass is 279 g/mol. The summed E-state index contributed by atoms with van der Waals surface area (Å²) < 4.78 is 0. The first-order chi connectivity index (χ1) is 9.22. The molecule has 2 rings (SSSR count). The molecule has 5 heteroatoms. The van der Waals surface area contributed by atoms with Crippen molar-refractivity contribution in [3.8, 4) is 0 Å². The highest BCUT2D eigenvalue weighted by molar-refractivity contribution is 8.00. The number of carbonyl (C=O) groups excluding carboxylic acids is 1. The maximum Gasteiger partial charge on any atom is 0.265 e. The number of nitrogens with two attached hydrogens (primary N) is 1. The summed E-state index contributed by atoms with van der Waals surface area (Å²) in [5, 5.41) is 0.740. The van der Waals surface area contributed by atoms with Gasteiger partial charge in [-0.05, 0) is 24.1 Å². The predicted octanol–water partition coefficient (Wildman–Crippen LogP) is 1.62. The Hall–Kier alpha value is -1.04. The molecule has 0 spiro atoms. The number of benzene rings is 1. The first kappa shape index (κ1) is 14.4. The third-order valence-corrected chi connectivity index (χ3v) is 4.78. The third kappa shape index (κ3) is 3.96. The molecule has 19 heavy (non-hydrogen) atoms. The van der Waals surface area contributed by atoms with Crippen LogP contribution < -0.4 is 11.3 Å². The van der Waals surface area contributed by atoms with Crippen molar-refractivity contribution in [2.24, 2.45) is 5.84 Å². The molecule has 1 aliphatic rings. The van der Waals surface area contributed by atoms with Crippen LogP contribution in [-0.4, -0.2) is 34.9 Å². The molecule has 1 aromatic carbocycles. The molecular weight excluding hydrogens is 258 g/mol. The van der Waals surface area contributed by atoms with E-state index in [2.05, 4.69) is 35.1 Å². The van der Waals surface area contributed by atoms with Crippen LogP contribution in [0.1, 0.15) is 29.3 Å². The fourth-order valence-electron chi connectivity index (χ4n) is 2.32. The lowest BCUT2D eigenvalue weighted by atomic mass is 10.1. The summed E-state index contributed by atoms with van der Waals surface area (Å²) in [4.78, 5) is 14.0. The molecule has 0 radical (unpaired) electrons. The molecule has 4 nitrogen and oxygen atoms in total. The van der Waals surface area contributed by atoms with E-state index in [4.69, 9.17) is 5.84 Å². The maximum atomic E-state index is 11.5. The van der Waals surface area contributed by atoms with Crippen molar-refractivity contribution in [3.63, 3.8) is 0 Å². The number of hydrogen-bond acceptors (Lipinski definition) is 4. The maximum absolute atomic E-state index is 11.5. The SMILES string of the molecule is CCC1CN(Cc2cccc(C(=O)NN)c2)CCS1. The molecule has 0 aliphatic carbocycles. The molecule has 1 amide bonds. The van der Waals surface area contributed by atoms with E-state index >= 15 is 0 Å². The van der Waals surface area contributed by atoms with Gasteiger partial charge in [-0.3, -0.25) is 15.1 Å². The Morgan fingerprint density at radius 2 is 2.42 bits per heavy atom. The summed E-state index contributed by atoms with van der Waals surface area (Å²) in [6.07, 6.45) is 1.22. The van der Waals surface area contributed by atoms with Crippen LogP contribution in [0.4, 0.5) is 0 Å². The van der Waals surface area contributed by atoms with Gasteiger partial charge in [0.05, 0.1) is 0 Å². The van der Waals surface area contributed by atoms with E-state index in [0.29, 0.717) is 5.56 Å². The summed E-state index contributed by atoms with van der Waals surface area (Å²) >= 11 is 2.07. The fourth-order valence-corrected chi connectivity index (χ4v) is 3.57. The molecular formula is C14H21N3OS. The topological polar surface area (TPSA) is 58.4 Å². The van der Waals surface area contributed by atoms with E-state index in [1.807, 2.05) is 12.1 Å².